The van der Waals surface area contributed by atoms with Crippen molar-refractivity contribution in [2.24, 2.45) is 5.73 Å². The standard InChI is InChI=1S/C14H16N4OS/c1-3-18-9-8-16-13(14(18)19)17(2)11-6-4-10(5-7-11)12(15)20/h4-9H,3H2,1-2H3,(H2,15,20). The van der Waals surface area contributed by atoms with E-state index in [1.165, 1.54) is 0 Å². The number of aromatic nitrogens is 2. The number of benzene rings is 1. The number of rotatable bonds is 4. The maximum atomic E-state index is 12.2. The van der Waals surface area contributed by atoms with Crippen LogP contribution in [0.4, 0.5) is 11.5 Å². The van der Waals surface area contributed by atoms with E-state index in [9.17, 15) is 4.79 Å². The molecule has 0 fully saturated rings. The molecular weight excluding hydrogens is 272 g/mol. The summed E-state index contributed by atoms with van der Waals surface area (Å²) in [4.78, 5) is 18.5. The molecule has 0 spiro atoms. The van der Waals surface area contributed by atoms with Crippen LogP contribution < -0.4 is 16.2 Å². The first-order chi connectivity index (χ1) is 9.54. The monoisotopic (exact) mass is 288 g/mol. The fourth-order valence-electron chi connectivity index (χ4n) is 1.89. The van der Waals surface area contributed by atoms with E-state index in [2.05, 4.69) is 4.98 Å². The lowest BCUT2D eigenvalue weighted by molar-refractivity contribution is 0.716. The van der Waals surface area contributed by atoms with E-state index < -0.39 is 0 Å². The molecule has 0 aliphatic rings. The molecule has 1 aromatic carbocycles. The molecule has 0 saturated carbocycles. The van der Waals surface area contributed by atoms with Gasteiger partial charge in [-0.25, -0.2) is 4.98 Å². The molecule has 2 rings (SSSR count). The minimum atomic E-state index is -0.115. The maximum Gasteiger partial charge on any atom is 0.293 e. The highest BCUT2D eigenvalue weighted by atomic mass is 32.1. The average molecular weight is 288 g/mol. The smallest absolute Gasteiger partial charge is 0.293 e. The van der Waals surface area contributed by atoms with E-state index in [1.807, 2.05) is 31.2 Å². The molecule has 0 aliphatic heterocycles. The van der Waals surface area contributed by atoms with Crippen LogP contribution in [0.3, 0.4) is 0 Å². The minimum absolute atomic E-state index is 0.115. The molecule has 20 heavy (non-hydrogen) atoms. The first kappa shape index (κ1) is 14.2. The highest BCUT2D eigenvalue weighted by Crippen LogP contribution is 2.19. The van der Waals surface area contributed by atoms with Gasteiger partial charge in [-0.05, 0) is 31.2 Å². The molecule has 0 bridgehead atoms. The maximum absolute atomic E-state index is 12.2. The summed E-state index contributed by atoms with van der Waals surface area (Å²) in [6.45, 7) is 2.53. The molecule has 1 heterocycles. The molecule has 0 radical (unpaired) electrons. The molecule has 2 aromatic rings. The van der Waals surface area contributed by atoms with Crippen LogP contribution in [0, 0.1) is 0 Å². The van der Waals surface area contributed by atoms with Gasteiger partial charge in [0.25, 0.3) is 5.56 Å². The Kier molecular flexibility index (Phi) is 4.14. The quantitative estimate of drug-likeness (QED) is 0.867. The summed E-state index contributed by atoms with van der Waals surface area (Å²) in [7, 11) is 1.81. The molecule has 6 heteroatoms. The molecule has 104 valence electrons. The fraction of sp³-hybridized carbons (Fsp3) is 0.214. The number of thiocarbonyl (C=S) groups is 1. The Bertz CT molecular complexity index is 678. The third-order valence-electron chi connectivity index (χ3n) is 3.09. The minimum Gasteiger partial charge on any atom is -0.389 e. The molecule has 0 atom stereocenters. The van der Waals surface area contributed by atoms with Crippen LogP contribution in [-0.2, 0) is 6.54 Å². The van der Waals surface area contributed by atoms with Crippen LogP contribution in [0.25, 0.3) is 0 Å². The zero-order valence-corrected chi connectivity index (χ0v) is 12.2. The second-order valence-electron chi connectivity index (χ2n) is 4.31. The van der Waals surface area contributed by atoms with E-state index >= 15 is 0 Å². The van der Waals surface area contributed by atoms with Crippen molar-refractivity contribution in [3.63, 3.8) is 0 Å². The molecule has 0 amide bonds. The SMILES string of the molecule is CCn1ccnc(N(C)c2ccc(C(N)=S)cc2)c1=O. The van der Waals surface area contributed by atoms with Gasteiger partial charge < -0.3 is 15.2 Å². The number of nitrogens with zero attached hydrogens (tertiary/aromatic N) is 3. The van der Waals surface area contributed by atoms with Crippen molar-refractivity contribution in [3.05, 3.63) is 52.6 Å². The zero-order chi connectivity index (χ0) is 14.7. The van der Waals surface area contributed by atoms with E-state index in [4.69, 9.17) is 18.0 Å². The van der Waals surface area contributed by atoms with Gasteiger partial charge in [-0.2, -0.15) is 0 Å². The Hall–Kier alpha value is -2.21. The molecule has 1 aromatic heterocycles. The summed E-state index contributed by atoms with van der Waals surface area (Å²) in [5.74, 6) is 0.387. The largest absolute Gasteiger partial charge is 0.389 e. The number of hydrogen-bond donors (Lipinski definition) is 1. The Morgan fingerprint density at radius 3 is 2.60 bits per heavy atom. The van der Waals surface area contributed by atoms with Gasteiger partial charge in [-0.1, -0.05) is 12.2 Å². The predicted octanol–water partition coefficient (Wildman–Crippen LogP) is 1.67. The van der Waals surface area contributed by atoms with Gasteiger partial charge in [-0.3, -0.25) is 4.79 Å². The van der Waals surface area contributed by atoms with Crippen molar-refractivity contribution in [1.82, 2.24) is 9.55 Å². The van der Waals surface area contributed by atoms with Crippen LogP contribution in [0.2, 0.25) is 0 Å². The first-order valence-electron chi connectivity index (χ1n) is 6.23. The van der Waals surface area contributed by atoms with Crippen LogP contribution in [0.5, 0.6) is 0 Å². The first-order valence-corrected chi connectivity index (χ1v) is 6.64. The third-order valence-corrected chi connectivity index (χ3v) is 3.33. The van der Waals surface area contributed by atoms with Crippen molar-refractivity contribution in [3.8, 4) is 0 Å². The summed E-state index contributed by atoms with van der Waals surface area (Å²) in [5.41, 5.74) is 7.10. The lowest BCUT2D eigenvalue weighted by Crippen LogP contribution is -2.27. The van der Waals surface area contributed by atoms with Crippen molar-refractivity contribution < 1.29 is 0 Å². The Morgan fingerprint density at radius 1 is 1.40 bits per heavy atom. The van der Waals surface area contributed by atoms with Crippen molar-refractivity contribution in [2.75, 3.05) is 11.9 Å². The van der Waals surface area contributed by atoms with E-state index in [1.54, 1.807) is 28.9 Å². The number of hydrogen-bond acceptors (Lipinski definition) is 4. The zero-order valence-electron chi connectivity index (χ0n) is 11.4. The van der Waals surface area contributed by atoms with E-state index in [-0.39, 0.29) is 5.56 Å². The van der Waals surface area contributed by atoms with Crippen molar-refractivity contribution >= 4 is 28.7 Å². The number of anilines is 2. The van der Waals surface area contributed by atoms with Gasteiger partial charge in [-0.15, -0.1) is 0 Å². The Labute approximate surface area is 122 Å². The van der Waals surface area contributed by atoms with Crippen LogP contribution in [-0.4, -0.2) is 21.6 Å². The lowest BCUT2D eigenvalue weighted by atomic mass is 10.2. The van der Waals surface area contributed by atoms with Gasteiger partial charge in [0.2, 0.25) is 0 Å². The molecule has 0 saturated heterocycles. The highest BCUT2D eigenvalue weighted by Gasteiger charge is 2.11. The Balaban J connectivity index is 2.38. The van der Waals surface area contributed by atoms with Crippen molar-refractivity contribution in [2.45, 2.75) is 13.5 Å². The second-order valence-corrected chi connectivity index (χ2v) is 4.75. The summed E-state index contributed by atoms with van der Waals surface area (Å²) in [6, 6.07) is 7.38. The Morgan fingerprint density at radius 2 is 2.05 bits per heavy atom. The van der Waals surface area contributed by atoms with Crippen molar-refractivity contribution in [1.29, 1.82) is 0 Å². The second kappa shape index (κ2) is 5.83. The molecule has 2 N–H and O–H groups in total. The third kappa shape index (κ3) is 2.70. The fourth-order valence-corrected chi connectivity index (χ4v) is 2.02. The summed E-state index contributed by atoms with van der Waals surface area (Å²) >= 11 is 4.92. The normalized spacial score (nSPS) is 10.3. The van der Waals surface area contributed by atoms with Gasteiger partial charge in [0, 0.05) is 37.2 Å². The van der Waals surface area contributed by atoms with Gasteiger partial charge in [0.15, 0.2) is 5.82 Å². The number of nitrogens with two attached hydrogens (primary N) is 1. The summed E-state index contributed by atoms with van der Waals surface area (Å²) in [5, 5.41) is 0. The summed E-state index contributed by atoms with van der Waals surface area (Å²) < 4.78 is 1.61. The molecule has 5 nitrogen and oxygen atoms in total. The predicted molar refractivity (Wildman–Crippen MR) is 84.6 cm³/mol. The molecule has 0 unspecified atom stereocenters. The van der Waals surface area contributed by atoms with Gasteiger partial charge >= 0.3 is 0 Å². The average Bonchev–Trinajstić information content (AvgIpc) is 2.47. The summed E-state index contributed by atoms with van der Waals surface area (Å²) in [6.07, 6.45) is 3.30. The van der Waals surface area contributed by atoms with E-state index in [0.717, 1.165) is 11.3 Å². The lowest BCUT2D eigenvalue weighted by Gasteiger charge is -2.18. The topological polar surface area (TPSA) is 64.2 Å². The van der Waals surface area contributed by atoms with Gasteiger partial charge in [0.1, 0.15) is 4.99 Å². The molecule has 0 aliphatic carbocycles. The molecular formula is C14H16N4OS. The van der Waals surface area contributed by atoms with E-state index in [0.29, 0.717) is 17.4 Å². The van der Waals surface area contributed by atoms with Crippen LogP contribution in [0.15, 0.2) is 41.5 Å². The number of aryl methyl sites for hydroxylation is 1. The van der Waals surface area contributed by atoms with Gasteiger partial charge in [0.05, 0.1) is 0 Å². The highest BCUT2D eigenvalue weighted by molar-refractivity contribution is 7.80. The van der Waals surface area contributed by atoms with Crippen LogP contribution >= 0.6 is 12.2 Å². The van der Waals surface area contributed by atoms with Crippen LogP contribution in [0.1, 0.15) is 12.5 Å².